The molecule has 1 fully saturated rings. The summed E-state index contributed by atoms with van der Waals surface area (Å²) < 4.78 is 0. The maximum atomic E-state index is 12.4. The lowest BCUT2D eigenvalue weighted by Gasteiger charge is -2.13. The zero-order valence-corrected chi connectivity index (χ0v) is 14.0. The van der Waals surface area contributed by atoms with E-state index < -0.39 is 24.4 Å². The number of hydrogen-bond acceptors (Lipinski definition) is 4. The molecule has 3 rings (SSSR count). The first-order chi connectivity index (χ1) is 12.4. The highest BCUT2D eigenvalue weighted by Gasteiger charge is 2.34. The van der Waals surface area contributed by atoms with Gasteiger partial charge in [-0.2, -0.15) is 0 Å². The van der Waals surface area contributed by atoms with Gasteiger partial charge in [0.2, 0.25) is 5.91 Å². The predicted octanol–water partition coefficient (Wildman–Crippen LogP) is 2.23. The Morgan fingerprint density at radius 1 is 1.19 bits per heavy atom. The van der Waals surface area contributed by atoms with Crippen LogP contribution in [-0.4, -0.2) is 34.4 Å². The lowest BCUT2D eigenvalue weighted by Crippen LogP contribution is -2.38. The molecular formula is C19H17N3O4. The minimum atomic E-state index is -0.665. The molecule has 26 heavy (non-hydrogen) atoms. The fraction of sp³-hybridized carbons (Fsp3) is 0.105. The van der Waals surface area contributed by atoms with E-state index in [0.29, 0.717) is 11.3 Å². The molecule has 0 atom stereocenters. The van der Waals surface area contributed by atoms with Gasteiger partial charge in [0.1, 0.15) is 18.0 Å². The maximum absolute atomic E-state index is 12.4. The van der Waals surface area contributed by atoms with Crippen molar-refractivity contribution in [2.45, 2.75) is 6.92 Å². The Balaban J connectivity index is 1.71. The van der Waals surface area contributed by atoms with E-state index in [1.54, 1.807) is 24.3 Å². The van der Waals surface area contributed by atoms with Crippen LogP contribution in [0.5, 0.6) is 5.75 Å². The van der Waals surface area contributed by atoms with E-state index in [4.69, 9.17) is 0 Å². The number of benzene rings is 2. The van der Waals surface area contributed by atoms with E-state index in [2.05, 4.69) is 10.6 Å². The number of anilines is 1. The van der Waals surface area contributed by atoms with Crippen LogP contribution in [0.4, 0.5) is 10.5 Å². The smallest absolute Gasteiger partial charge is 0.329 e. The van der Waals surface area contributed by atoms with Crippen LogP contribution in [0, 0.1) is 6.92 Å². The molecule has 2 aromatic carbocycles. The maximum Gasteiger partial charge on any atom is 0.329 e. The molecule has 0 aromatic heterocycles. The Hall–Kier alpha value is -3.61. The van der Waals surface area contributed by atoms with Crippen LogP contribution in [0.15, 0.2) is 54.2 Å². The van der Waals surface area contributed by atoms with Crippen LogP contribution in [0.25, 0.3) is 6.08 Å². The van der Waals surface area contributed by atoms with Gasteiger partial charge in [0, 0.05) is 5.69 Å². The Morgan fingerprint density at radius 2 is 1.96 bits per heavy atom. The van der Waals surface area contributed by atoms with E-state index in [9.17, 15) is 19.5 Å². The Bertz CT molecular complexity index is 921. The molecule has 3 N–H and O–H groups in total. The van der Waals surface area contributed by atoms with Crippen LogP contribution >= 0.6 is 0 Å². The van der Waals surface area contributed by atoms with Gasteiger partial charge in [-0.05, 0) is 42.3 Å². The van der Waals surface area contributed by atoms with Crippen molar-refractivity contribution in [3.8, 4) is 5.75 Å². The summed E-state index contributed by atoms with van der Waals surface area (Å²) in [6.45, 7) is 1.45. The summed E-state index contributed by atoms with van der Waals surface area (Å²) >= 11 is 0. The molecule has 0 saturated carbocycles. The van der Waals surface area contributed by atoms with E-state index in [1.165, 1.54) is 18.2 Å². The molecule has 1 heterocycles. The number of imide groups is 1. The van der Waals surface area contributed by atoms with Crippen LogP contribution < -0.4 is 10.6 Å². The number of aryl methyl sites for hydroxylation is 1. The highest BCUT2D eigenvalue weighted by Crippen LogP contribution is 2.18. The summed E-state index contributed by atoms with van der Waals surface area (Å²) in [5.41, 5.74) is 2.10. The second-order valence-electron chi connectivity index (χ2n) is 5.84. The fourth-order valence-corrected chi connectivity index (χ4v) is 2.54. The van der Waals surface area contributed by atoms with Crippen molar-refractivity contribution < 1.29 is 19.5 Å². The van der Waals surface area contributed by atoms with Gasteiger partial charge < -0.3 is 15.7 Å². The number of amides is 4. The van der Waals surface area contributed by atoms with Gasteiger partial charge in [0.05, 0.1) is 0 Å². The van der Waals surface area contributed by atoms with Gasteiger partial charge in [-0.25, -0.2) is 9.69 Å². The molecule has 7 heteroatoms. The quantitative estimate of drug-likeness (QED) is 0.581. The molecule has 132 valence electrons. The molecule has 1 aliphatic rings. The van der Waals surface area contributed by atoms with Crippen LogP contribution in [0.2, 0.25) is 0 Å². The minimum Gasteiger partial charge on any atom is -0.508 e. The van der Waals surface area contributed by atoms with Gasteiger partial charge in [-0.3, -0.25) is 9.59 Å². The number of nitrogens with one attached hydrogen (secondary N) is 2. The summed E-state index contributed by atoms with van der Waals surface area (Å²) in [7, 11) is 0. The largest absolute Gasteiger partial charge is 0.508 e. The Morgan fingerprint density at radius 3 is 2.69 bits per heavy atom. The van der Waals surface area contributed by atoms with Crippen molar-refractivity contribution in [1.82, 2.24) is 10.2 Å². The second-order valence-corrected chi connectivity index (χ2v) is 5.84. The number of aromatic hydroxyl groups is 1. The number of phenolic OH excluding ortho intramolecular Hbond substituents is 1. The zero-order chi connectivity index (χ0) is 18.7. The van der Waals surface area contributed by atoms with Gasteiger partial charge in [-0.15, -0.1) is 0 Å². The van der Waals surface area contributed by atoms with E-state index in [0.717, 1.165) is 10.5 Å². The van der Waals surface area contributed by atoms with Crippen molar-refractivity contribution >= 4 is 29.6 Å². The number of para-hydroxylation sites is 1. The summed E-state index contributed by atoms with van der Waals surface area (Å²) in [4.78, 5) is 37.4. The standard InChI is InChI=1S/C19H17N3O4/c1-12-5-2-3-8-15(12)20-17(24)11-22-18(25)16(21-19(22)26)10-13-6-4-7-14(23)9-13/h2-10,23H,11H2,1H3,(H,20,24)(H,21,26)/b16-10-. The third-order valence-electron chi connectivity index (χ3n) is 3.86. The van der Waals surface area contributed by atoms with Crippen LogP contribution in [-0.2, 0) is 9.59 Å². The lowest BCUT2D eigenvalue weighted by atomic mass is 10.2. The fourth-order valence-electron chi connectivity index (χ4n) is 2.54. The molecule has 0 radical (unpaired) electrons. The molecule has 0 aliphatic carbocycles. The SMILES string of the molecule is Cc1ccccc1NC(=O)CN1C(=O)N/C(=C\c2cccc(O)c2)C1=O. The van der Waals surface area contributed by atoms with E-state index in [1.807, 2.05) is 19.1 Å². The second kappa shape index (κ2) is 7.10. The number of nitrogens with zero attached hydrogens (tertiary/aromatic N) is 1. The van der Waals surface area contributed by atoms with Crippen molar-refractivity contribution in [2.24, 2.45) is 0 Å². The molecule has 1 saturated heterocycles. The van der Waals surface area contributed by atoms with Gasteiger partial charge in [0.25, 0.3) is 5.91 Å². The summed E-state index contributed by atoms with van der Waals surface area (Å²) in [5.74, 6) is -1.02. The average molecular weight is 351 g/mol. The number of hydrogen-bond donors (Lipinski definition) is 3. The van der Waals surface area contributed by atoms with E-state index in [-0.39, 0.29) is 11.4 Å². The summed E-state index contributed by atoms with van der Waals surface area (Å²) in [6.07, 6.45) is 1.44. The minimum absolute atomic E-state index is 0.0456. The molecule has 0 bridgehead atoms. The van der Waals surface area contributed by atoms with Crippen molar-refractivity contribution in [3.63, 3.8) is 0 Å². The van der Waals surface area contributed by atoms with Crippen LogP contribution in [0.3, 0.4) is 0 Å². The monoisotopic (exact) mass is 351 g/mol. The molecule has 2 aromatic rings. The summed E-state index contributed by atoms with van der Waals surface area (Å²) in [5, 5.41) is 14.6. The molecule has 1 aliphatic heterocycles. The third-order valence-corrected chi connectivity index (χ3v) is 3.86. The van der Waals surface area contributed by atoms with Crippen LogP contribution in [0.1, 0.15) is 11.1 Å². The number of urea groups is 1. The summed E-state index contributed by atoms with van der Waals surface area (Å²) in [6, 6.07) is 12.8. The number of carbonyl (C=O) groups excluding carboxylic acids is 3. The number of carbonyl (C=O) groups is 3. The Labute approximate surface area is 149 Å². The molecule has 7 nitrogen and oxygen atoms in total. The zero-order valence-electron chi connectivity index (χ0n) is 14.0. The first-order valence-corrected chi connectivity index (χ1v) is 7.93. The van der Waals surface area contributed by atoms with Crippen molar-refractivity contribution in [2.75, 3.05) is 11.9 Å². The highest BCUT2D eigenvalue weighted by molar-refractivity contribution is 6.16. The van der Waals surface area contributed by atoms with Gasteiger partial charge in [-0.1, -0.05) is 30.3 Å². The van der Waals surface area contributed by atoms with Gasteiger partial charge >= 0.3 is 6.03 Å². The topological polar surface area (TPSA) is 98.7 Å². The average Bonchev–Trinajstić information content (AvgIpc) is 2.84. The molecule has 0 spiro atoms. The number of rotatable bonds is 4. The normalized spacial score (nSPS) is 15.3. The number of phenols is 1. The highest BCUT2D eigenvalue weighted by atomic mass is 16.3. The first-order valence-electron chi connectivity index (χ1n) is 7.93. The molecular weight excluding hydrogens is 334 g/mol. The van der Waals surface area contributed by atoms with Crippen molar-refractivity contribution in [1.29, 1.82) is 0 Å². The Kier molecular flexibility index (Phi) is 4.70. The van der Waals surface area contributed by atoms with Crippen molar-refractivity contribution in [3.05, 3.63) is 65.4 Å². The lowest BCUT2D eigenvalue weighted by molar-refractivity contribution is -0.127. The predicted molar refractivity (Wildman–Crippen MR) is 96.1 cm³/mol. The molecule has 0 unspecified atom stereocenters. The third kappa shape index (κ3) is 3.72. The van der Waals surface area contributed by atoms with E-state index >= 15 is 0 Å². The first kappa shape index (κ1) is 17.2. The van der Waals surface area contributed by atoms with Gasteiger partial charge in [0.15, 0.2) is 0 Å². The molecule has 4 amide bonds.